The van der Waals surface area contributed by atoms with Gasteiger partial charge in [0.2, 0.25) is 5.79 Å². The average molecular weight is 248 g/mol. The highest BCUT2D eigenvalue weighted by atomic mass is 17.4. The lowest BCUT2D eigenvalue weighted by Gasteiger charge is -2.38. The highest BCUT2D eigenvalue weighted by Gasteiger charge is 2.65. The van der Waals surface area contributed by atoms with E-state index in [-0.39, 0.29) is 5.41 Å². The van der Waals surface area contributed by atoms with E-state index in [9.17, 15) is 0 Å². The van der Waals surface area contributed by atoms with Gasteiger partial charge in [-0.3, -0.25) is 0 Å². The second kappa shape index (κ2) is 4.67. The van der Waals surface area contributed by atoms with Gasteiger partial charge in [0.25, 0.3) is 0 Å². The third kappa shape index (κ3) is 1.98. The second-order valence-electron chi connectivity index (χ2n) is 6.08. The topological polar surface area (TPSA) is 25.1 Å². The van der Waals surface area contributed by atoms with E-state index in [2.05, 4.69) is 65.0 Å². The van der Waals surface area contributed by atoms with Crippen LogP contribution in [0, 0.1) is 11.3 Å². The van der Waals surface area contributed by atoms with Crippen LogP contribution in [0.5, 0.6) is 0 Å². The van der Waals surface area contributed by atoms with Crippen LogP contribution in [-0.4, -0.2) is 5.79 Å². The molecule has 18 heavy (non-hydrogen) atoms. The van der Waals surface area contributed by atoms with Gasteiger partial charge >= 0.3 is 0 Å². The molecule has 1 heterocycles. The van der Waals surface area contributed by atoms with Crippen LogP contribution in [0.4, 0.5) is 0 Å². The van der Waals surface area contributed by atoms with E-state index in [0.29, 0.717) is 11.8 Å². The molecule has 2 nitrogen and oxygen atoms in total. The molecule has 1 aromatic carbocycles. The van der Waals surface area contributed by atoms with E-state index in [1.165, 1.54) is 5.56 Å². The number of rotatable bonds is 5. The summed E-state index contributed by atoms with van der Waals surface area (Å²) in [5.74, 6) is 0.359. The van der Waals surface area contributed by atoms with E-state index in [1.54, 1.807) is 0 Å². The fourth-order valence-corrected chi connectivity index (χ4v) is 3.29. The maximum Gasteiger partial charge on any atom is 0.242 e. The lowest BCUT2D eigenvalue weighted by atomic mass is 9.66. The SMILES string of the molecule is CCC(c1ccccc1)C(C)(C)C1(C(C)C)OO1. The van der Waals surface area contributed by atoms with Crippen molar-refractivity contribution >= 4 is 0 Å². The van der Waals surface area contributed by atoms with Crippen molar-refractivity contribution in [1.29, 1.82) is 0 Å². The van der Waals surface area contributed by atoms with Crippen molar-refractivity contribution in [1.82, 2.24) is 0 Å². The zero-order chi connectivity index (χ0) is 13.4. The fourth-order valence-electron chi connectivity index (χ4n) is 3.29. The average Bonchev–Trinajstić information content (AvgIpc) is 3.12. The molecular formula is C16H24O2. The van der Waals surface area contributed by atoms with Crippen molar-refractivity contribution in [2.45, 2.75) is 52.7 Å². The minimum atomic E-state index is -0.427. The van der Waals surface area contributed by atoms with E-state index in [1.807, 2.05) is 0 Å². The molecule has 0 bridgehead atoms. The summed E-state index contributed by atoms with van der Waals surface area (Å²) in [5.41, 5.74) is 1.32. The molecule has 1 atom stereocenters. The van der Waals surface area contributed by atoms with Gasteiger partial charge in [0.05, 0.1) is 0 Å². The zero-order valence-electron chi connectivity index (χ0n) is 12.1. The molecule has 0 aromatic heterocycles. The van der Waals surface area contributed by atoms with Crippen LogP contribution in [0.25, 0.3) is 0 Å². The zero-order valence-corrected chi connectivity index (χ0v) is 12.1. The first-order chi connectivity index (χ1) is 8.45. The summed E-state index contributed by atoms with van der Waals surface area (Å²) in [7, 11) is 0. The highest BCUT2D eigenvalue weighted by Crippen LogP contribution is 2.58. The van der Waals surface area contributed by atoms with Gasteiger partial charge in [-0.15, -0.1) is 0 Å². The molecule has 0 spiro atoms. The van der Waals surface area contributed by atoms with Crippen molar-refractivity contribution in [3.63, 3.8) is 0 Å². The molecule has 1 unspecified atom stereocenters. The molecule has 2 heteroatoms. The molecule has 0 radical (unpaired) electrons. The quantitative estimate of drug-likeness (QED) is 0.565. The second-order valence-corrected chi connectivity index (χ2v) is 6.08. The smallest absolute Gasteiger partial charge is 0.194 e. The van der Waals surface area contributed by atoms with Crippen LogP contribution >= 0.6 is 0 Å². The Kier molecular flexibility index (Phi) is 3.52. The van der Waals surface area contributed by atoms with Crippen LogP contribution in [0.1, 0.15) is 52.5 Å². The Morgan fingerprint density at radius 1 is 1.11 bits per heavy atom. The fraction of sp³-hybridized carbons (Fsp3) is 0.625. The van der Waals surface area contributed by atoms with Crippen LogP contribution < -0.4 is 0 Å². The Bertz CT molecular complexity index is 391. The maximum atomic E-state index is 5.43. The Morgan fingerprint density at radius 3 is 2.06 bits per heavy atom. The van der Waals surface area contributed by atoms with E-state index >= 15 is 0 Å². The molecular weight excluding hydrogens is 224 g/mol. The number of hydrogen-bond donors (Lipinski definition) is 0. The Hall–Kier alpha value is -0.860. The molecule has 2 rings (SSSR count). The Balaban J connectivity index is 2.33. The molecule has 1 aliphatic heterocycles. The van der Waals surface area contributed by atoms with Crippen molar-refractivity contribution < 1.29 is 9.78 Å². The number of benzene rings is 1. The predicted molar refractivity (Wildman–Crippen MR) is 73.0 cm³/mol. The van der Waals surface area contributed by atoms with Crippen molar-refractivity contribution in [3.05, 3.63) is 35.9 Å². The standard InChI is InChI=1S/C16H24O2/c1-6-14(13-10-8-7-9-11-13)15(4,5)16(12(2)3)17-18-16/h7-12,14H,6H2,1-5H3. The van der Waals surface area contributed by atoms with Gasteiger partial charge in [-0.05, 0) is 17.9 Å². The summed E-state index contributed by atoms with van der Waals surface area (Å²) < 4.78 is 0. The van der Waals surface area contributed by atoms with Crippen molar-refractivity contribution in [2.24, 2.45) is 11.3 Å². The maximum absolute atomic E-state index is 5.43. The molecule has 0 N–H and O–H groups in total. The van der Waals surface area contributed by atoms with Crippen LogP contribution in [0.15, 0.2) is 30.3 Å². The van der Waals surface area contributed by atoms with Gasteiger partial charge in [-0.25, -0.2) is 0 Å². The van der Waals surface area contributed by atoms with Gasteiger partial charge in [-0.2, -0.15) is 9.78 Å². The highest BCUT2D eigenvalue weighted by molar-refractivity contribution is 5.23. The van der Waals surface area contributed by atoms with Gasteiger partial charge in [-0.1, -0.05) is 65.0 Å². The molecule has 100 valence electrons. The Morgan fingerprint density at radius 2 is 1.67 bits per heavy atom. The summed E-state index contributed by atoms with van der Waals surface area (Å²) in [6.45, 7) is 11.1. The van der Waals surface area contributed by atoms with Gasteiger partial charge in [0.15, 0.2) is 0 Å². The summed E-state index contributed by atoms with van der Waals surface area (Å²) in [6.07, 6.45) is 1.08. The van der Waals surface area contributed by atoms with E-state index < -0.39 is 5.79 Å². The predicted octanol–water partition coefficient (Wildman–Crippen LogP) is 4.52. The third-order valence-electron chi connectivity index (χ3n) is 4.40. The monoisotopic (exact) mass is 248 g/mol. The normalized spacial score (nSPS) is 19.9. The Labute approximate surface area is 110 Å². The first-order valence-electron chi connectivity index (χ1n) is 6.87. The molecule has 1 aliphatic rings. The van der Waals surface area contributed by atoms with Crippen molar-refractivity contribution in [3.8, 4) is 0 Å². The molecule has 0 saturated carbocycles. The van der Waals surface area contributed by atoms with Gasteiger partial charge in [0, 0.05) is 11.3 Å². The summed E-state index contributed by atoms with van der Waals surface area (Å²) in [4.78, 5) is 10.9. The molecule has 1 saturated heterocycles. The molecule has 0 amide bonds. The molecule has 1 aromatic rings. The van der Waals surface area contributed by atoms with Crippen LogP contribution in [0.3, 0.4) is 0 Å². The van der Waals surface area contributed by atoms with Crippen LogP contribution in [-0.2, 0) is 9.78 Å². The van der Waals surface area contributed by atoms with Crippen molar-refractivity contribution in [2.75, 3.05) is 0 Å². The summed E-state index contributed by atoms with van der Waals surface area (Å²) >= 11 is 0. The van der Waals surface area contributed by atoms with E-state index in [0.717, 1.165) is 6.42 Å². The lowest BCUT2D eigenvalue weighted by Crippen LogP contribution is -2.42. The van der Waals surface area contributed by atoms with Gasteiger partial charge < -0.3 is 0 Å². The van der Waals surface area contributed by atoms with Gasteiger partial charge in [0.1, 0.15) is 0 Å². The first kappa shape index (κ1) is 13.6. The van der Waals surface area contributed by atoms with E-state index in [4.69, 9.17) is 9.78 Å². The largest absolute Gasteiger partial charge is 0.242 e. The molecule has 1 fully saturated rings. The first-order valence-corrected chi connectivity index (χ1v) is 6.87. The lowest BCUT2D eigenvalue weighted by molar-refractivity contribution is 0.0624. The summed E-state index contributed by atoms with van der Waals surface area (Å²) in [6, 6.07) is 10.7. The third-order valence-corrected chi connectivity index (χ3v) is 4.40. The number of hydrogen-bond acceptors (Lipinski definition) is 2. The molecule has 0 aliphatic carbocycles. The minimum absolute atomic E-state index is 0.0444. The van der Waals surface area contributed by atoms with Crippen LogP contribution in [0.2, 0.25) is 0 Å². The minimum Gasteiger partial charge on any atom is -0.194 e. The summed E-state index contributed by atoms with van der Waals surface area (Å²) in [5, 5.41) is 0.